The van der Waals surface area contributed by atoms with Crippen molar-refractivity contribution in [2.24, 2.45) is 0 Å². The Morgan fingerprint density at radius 1 is 1.14 bits per heavy atom. The number of carbonyl (C=O) groups excluding carboxylic acids is 1. The number of hydrogen-bond donors (Lipinski definition) is 1. The Hall–Kier alpha value is -1.59. The molecule has 0 unspecified atom stereocenters. The van der Waals surface area contributed by atoms with E-state index in [1.807, 2.05) is 12.1 Å². The third kappa shape index (κ3) is 7.10. The number of piperazine rings is 1. The lowest BCUT2D eigenvalue weighted by Gasteiger charge is -2.33. The number of nitrogens with zero attached hydrogens (tertiary/aromatic N) is 2. The molecule has 0 bridgehead atoms. The predicted octanol–water partition coefficient (Wildman–Crippen LogP) is 3.08. The van der Waals surface area contributed by atoms with E-state index in [1.54, 1.807) is 0 Å². The van der Waals surface area contributed by atoms with Gasteiger partial charge in [0.25, 0.3) is 0 Å². The maximum absolute atomic E-state index is 12.2. The van der Waals surface area contributed by atoms with Gasteiger partial charge in [0.15, 0.2) is 0 Å². The van der Waals surface area contributed by atoms with Crippen molar-refractivity contribution in [1.82, 2.24) is 15.1 Å². The zero-order valence-corrected chi connectivity index (χ0v) is 17.5. The quantitative estimate of drug-likeness (QED) is 0.627. The highest BCUT2D eigenvalue weighted by molar-refractivity contribution is 5.76. The molecule has 0 atom stereocenters. The van der Waals surface area contributed by atoms with Crippen LogP contribution in [0, 0.1) is 0 Å². The van der Waals surface area contributed by atoms with Gasteiger partial charge in [0, 0.05) is 39.1 Å². The van der Waals surface area contributed by atoms with E-state index >= 15 is 0 Å². The van der Waals surface area contributed by atoms with Crippen LogP contribution in [0.25, 0.3) is 0 Å². The van der Waals surface area contributed by atoms with Gasteiger partial charge in [-0.25, -0.2) is 0 Å². The van der Waals surface area contributed by atoms with E-state index in [2.05, 4.69) is 34.2 Å². The topological polar surface area (TPSA) is 44.8 Å². The lowest BCUT2D eigenvalue weighted by Crippen LogP contribution is -2.46. The fourth-order valence-electron chi connectivity index (χ4n) is 4.18. The Bertz CT molecular complexity index is 593. The molecule has 1 heterocycles. The lowest BCUT2D eigenvalue weighted by molar-refractivity contribution is -0.121. The molecule has 0 spiro atoms. The van der Waals surface area contributed by atoms with Gasteiger partial charge in [-0.15, -0.1) is 0 Å². The van der Waals surface area contributed by atoms with Crippen molar-refractivity contribution in [3.63, 3.8) is 0 Å². The third-order valence-electron chi connectivity index (χ3n) is 6.03. The van der Waals surface area contributed by atoms with E-state index in [4.69, 9.17) is 4.74 Å². The Balaban J connectivity index is 1.28. The molecule has 156 valence electrons. The number of amides is 1. The van der Waals surface area contributed by atoms with E-state index in [9.17, 15) is 4.79 Å². The number of hydrogen-bond acceptors (Lipinski definition) is 4. The second-order valence-corrected chi connectivity index (χ2v) is 8.15. The van der Waals surface area contributed by atoms with E-state index in [0.29, 0.717) is 12.5 Å². The molecule has 3 rings (SSSR count). The second kappa shape index (κ2) is 11.4. The van der Waals surface area contributed by atoms with Crippen molar-refractivity contribution in [1.29, 1.82) is 0 Å². The molecular weight excluding hydrogens is 350 g/mol. The molecule has 1 aliphatic carbocycles. The predicted molar refractivity (Wildman–Crippen MR) is 114 cm³/mol. The molecule has 1 N–H and O–H groups in total. The summed E-state index contributed by atoms with van der Waals surface area (Å²) in [6, 6.07) is 8.25. The second-order valence-electron chi connectivity index (χ2n) is 8.15. The molecule has 2 fully saturated rings. The summed E-state index contributed by atoms with van der Waals surface area (Å²) >= 11 is 0. The largest absolute Gasteiger partial charge is 0.490 e. The van der Waals surface area contributed by atoms with E-state index in [1.165, 1.54) is 44.3 Å². The first-order valence-corrected chi connectivity index (χ1v) is 11.2. The van der Waals surface area contributed by atoms with E-state index in [0.717, 1.165) is 51.3 Å². The zero-order chi connectivity index (χ0) is 19.6. The van der Waals surface area contributed by atoms with Gasteiger partial charge in [-0.3, -0.25) is 4.79 Å². The number of nitrogens with one attached hydrogen (secondary N) is 1. The molecule has 5 nitrogen and oxygen atoms in total. The van der Waals surface area contributed by atoms with Gasteiger partial charge < -0.3 is 19.9 Å². The molecule has 1 aromatic rings. The number of benzene rings is 1. The van der Waals surface area contributed by atoms with Crippen molar-refractivity contribution in [2.45, 2.75) is 58.0 Å². The average molecular weight is 388 g/mol. The molecule has 1 aliphatic heterocycles. The summed E-state index contributed by atoms with van der Waals surface area (Å²) in [6.45, 7) is 9.89. The highest BCUT2D eigenvalue weighted by Gasteiger charge is 2.17. The summed E-state index contributed by atoms with van der Waals surface area (Å²) in [7, 11) is 0. The maximum atomic E-state index is 12.2. The number of rotatable bonds is 10. The standard InChI is InChI=1S/C23H37N3O2/c1-2-25-15-17-26(18-16-25)14-6-13-24-23(27)12-11-20-7-5-10-22(19-20)28-21-8-3-4-9-21/h5,7,10,19,21H,2-4,6,8-9,11-18H2,1H3,(H,24,27). The number of ether oxygens (including phenoxy) is 1. The minimum atomic E-state index is 0.151. The zero-order valence-electron chi connectivity index (χ0n) is 17.5. The van der Waals surface area contributed by atoms with Gasteiger partial charge >= 0.3 is 0 Å². The van der Waals surface area contributed by atoms with Crippen LogP contribution in [0.5, 0.6) is 5.75 Å². The molecule has 1 aromatic carbocycles. The summed E-state index contributed by atoms with van der Waals surface area (Å²) in [6.07, 6.45) is 7.61. The number of aryl methyl sites for hydroxylation is 1. The molecule has 28 heavy (non-hydrogen) atoms. The fraction of sp³-hybridized carbons (Fsp3) is 0.696. The minimum absolute atomic E-state index is 0.151. The van der Waals surface area contributed by atoms with Gasteiger partial charge in [0.2, 0.25) is 5.91 Å². The van der Waals surface area contributed by atoms with Crippen LogP contribution >= 0.6 is 0 Å². The lowest BCUT2D eigenvalue weighted by atomic mass is 10.1. The first-order chi connectivity index (χ1) is 13.7. The van der Waals surface area contributed by atoms with Crippen molar-refractivity contribution in [2.75, 3.05) is 45.8 Å². The normalized spacial score (nSPS) is 19.0. The average Bonchev–Trinajstić information content (AvgIpc) is 3.23. The molecule has 0 radical (unpaired) electrons. The summed E-state index contributed by atoms with van der Waals surface area (Å²) in [5.74, 6) is 1.10. The molecule has 0 aromatic heterocycles. The van der Waals surface area contributed by atoms with Crippen molar-refractivity contribution in [3.8, 4) is 5.75 Å². The Kier molecular flexibility index (Phi) is 8.62. The Morgan fingerprint density at radius 2 is 1.89 bits per heavy atom. The fourth-order valence-corrected chi connectivity index (χ4v) is 4.18. The van der Waals surface area contributed by atoms with Crippen LogP contribution in [0.4, 0.5) is 0 Å². The number of carbonyl (C=O) groups is 1. The number of likely N-dealkylation sites (N-methyl/N-ethyl adjacent to an activating group) is 1. The molecule has 1 amide bonds. The molecule has 1 saturated carbocycles. The first-order valence-electron chi connectivity index (χ1n) is 11.2. The van der Waals surface area contributed by atoms with Gasteiger partial charge in [0.1, 0.15) is 5.75 Å². The van der Waals surface area contributed by atoms with Crippen LogP contribution in [0.15, 0.2) is 24.3 Å². The monoisotopic (exact) mass is 387 g/mol. The summed E-state index contributed by atoms with van der Waals surface area (Å²) in [4.78, 5) is 17.2. The van der Waals surface area contributed by atoms with Crippen molar-refractivity contribution >= 4 is 5.91 Å². The van der Waals surface area contributed by atoms with Gasteiger partial charge in [-0.1, -0.05) is 19.1 Å². The Labute approximate surface area is 170 Å². The van der Waals surface area contributed by atoms with E-state index < -0.39 is 0 Å². The summed E-state index contributed by atoms with van der Waals surface area (Å²) in [5.41, 5.74) is 1.18. The smallest absolute Gasteiger partial charge is 0.220 e. The van der Waals surface area contributed by atoms with E-state index in [-0.39, 0.29) is 5.91 Å². The SMILES string of the molecule is CCN1CCN(CCCNC(=O)CCc2cccc(OC3CCCC3)c2)CC1. The van der Waals surface area contributed by atoms with Gasteiger partial charge in [-0.2, -0.15) is 0 Å². The molecular formula is C23H37N3O2. The Morgan fingerprint density at radius 3 is 2.64 bits per heavy atom. The van der Waals surface area contributed by atoms with Crippen LogP contribution in [0.3, 0.4) is 0 Å². The van der Waals surface area contributed by atoms with Crippen molar-refractivity contribution in [3.05, 3.63) is 29.8 Å². The highest BCUT2D eigenvalue weighted by Crippen LogP contribution is 2.24. The van der Waals surface area contributed by atoms with Crippen LogP contribution in [-0.4, -0.2) is 67.6 Å². The van der Waals surface area contributed by atoms with Gasteiger partial charge in [-0.05, 0) is 69.3 Å². The van der Waals surface area contributed by atoms with Crippen molar-refractivity contribution < 1.29 is 9.53 Å². The highest BCUT2D eigenvalue weighted by atomic mass is 16.5. The molecule has 5 heteroatoms. The van der Waals surface area contributed by atoms with Crippen LogP contribution in [-0.2, 0) is 11.2 Å². The minimum Gasteiger partial charge on any atom is -0.490 e. The molecule has 2 aliphatic rings. The summed E-state index contributed by atoms with van der Waals surface area (Å²) in [5, 5.41) is 3.08. The molecule has 1 saturated heterocycles. The van der Waals surface area contributed by atoms with Gasteiger partial charge in [0.05, 0.1) is 6.10 Å². The van der Waals surface area contributed by atoms with Crippen LogP contribution < -0.4 is 10.1 Å². The maximum Gasteiger partial charge on any atom is 0.220 e. The van der Waals surface area contributed by atoms with Crippen LogP contribution in [0.2, 0.25) is 0 Å². The van der Waals surface area contributed by atoms with Crippen LogP contribution in [0.1, 0.15) is 51.0 Å². The summed E-state index contributed by atoms with van der Waals surface area (Å²) < 4.78 is 6.07. The first kappa shape index (κ1) is 21.1. The third-order valence-corrected chi connectivity index (χ3v) is 6.03.